The van der Waals surface area contributed by atoms with E-state index in [1.807, 2.05) is 18.2 Å². The van der Waals surface area contributed by atoms with E-state index in [1.54, 1.807) is 7.11 Å². The fraction of sp³-hybridized carbons (Fsp3) is 0.600. The van der Waals surface area contributed by atoms with Gasteiger partial charge in [-0.1, -0.05) is 32.4 Å². The van der Waals surface area contributed by atoms with Crippen LogP contribution < -0.4 is 10.1 Å². The highest BCUT2D eigenvalue weighted by atomic mass is 16.5. The third kappa shape index (κ3) is 6.82. The number of anilines is 1. The van der Waals surface area contributed by atoms with Crippen LogP contribution in [0.3, 0.4) is 0 Å². The molecule has 3 heterocycles. The number of likely N-dealkylation sites (tertiary alicyclic amines) is 1. The van der Waals surface area contributed by atoms with Gasteiger partial charge in [0, 0.05) is 36.9 Å². The minimum atomic E-state index is -0.812. The summed E-state index contributed by atoms with van der Waals surface area (Å²) >= 11 is 0. The van der Waals surface area contributed by atoms with Crippen molar-refractivity contribution in [1.29, 1.82) is 0 Å². The molecular weight excluding hydrogens is 464 g/mol. The highest BCUT2D eigenvalue weighted by Gasteiger charge is 2.36. The molecule has 2 N–H and O–H groups in total. The zero-order valence-electron chi connectivity index (χ0n) is 23.0. The predicted molar refractivity (Wildman–Crippen MR) is 149 cm³/mol. The van der Waals surface area contributed by atoms with E-state index in [-0.39, 0.29) is 0 Å². The van der Waals surface area contributed by atoms with Gasteiger partial charge in [-0.2, -0.15) is 0 Å². The van der Waals surface area contributed by atoms with Gasteiger partial charge in [-0.05, 0) is 87.4 Å². The number of rotatable bonds is 12. The summed E-state index contributed by atoms with van der Waals surface area (Å²) in [4.78, 5) is 21.8. The molecule has 7 nitrogen and oxygen atoms in total. The van der Waals surface area contributed by atoms with E-state index in [4.69, 9.17) is 9.72 Å². The van der Waals surface area contributed by atoms with E-state index < -0.39 is 12.0 Å². The van der Waals surface area contributed by atoms with Crippen molar-refractivity contribution in [2.45, 2.75) is 76.8 Å². The van der Waals surface area contributed by atoms with Crippen molar-refractivity contribution in [2.24, 2.45) is 0 Å². The lowest BCUT2D eigenvalue weighted by Gasteiger charge is -2.29. The van der Waals surface area contributed by atoms with Gasteiger partial charge < -0.3 is 20.1 Å². The number of aryl methyl sites for hydroxylation is 2. The van der Waals surface area contributed by atoms with Gasteiger partial charge in [0.15, 0.2) is 0 Å². The lowest BCUT2D eigenvalue weighted by Crippen LogP contribution is -2.38. The van der Waals surface area contributed by atoms with Crippen LogP contribution in [0.4, 0.5) is 5.82 Å². The second kappa shape index (κ2) is 12.7. The van der Waals surface area contributed by atoms with Crippen LogP contribution in [-0.4, -0.2) is 72.2 Å². The first kappa shape index (κ1) is 27.4. The van der Waals surface area contributed by atoms with Crippen molar-refractivity contribution < 1.29 is 14.6 Å². The van der Waals surface area contributed by atoms with Gasteiger partial charge >= 0.3 is 5.97 Å². The number of methoxy groups -OCH3 is 1. The SMILES string of the molecule is COc1ccc(C(C)C)cc1[C@H](C(=O)O)N1CC[C@@H](N(C)CCCCCc2ccc3c(n2)NCCC3)C1. The number of pyridine rings is 1. The molecule has 2 atom stereocenters. The zero-order valence-corrected chi connectivity index (χ0v) is 23.0. The summed E-state index contributed by atoms with van der Waals surface area (Å²) in [6, 6.07) is 10.1. The number of benzene rings is 1. The normalized spacial score (nSPS) is 18.6. The van der Waals surface area contributed by atoms with Crippen molar-refractivity contribution in [3.8, 4) is 5.75 Å². The molecule has 7 heteroatoms. The average Bonchev–Trinajstić information content (AvgIpc) is 3.38. The number of aromatic nitrogens is 1. The fourth-order valence-corrected chi connectivity index (χ4v) is 5.71. The summed E-state index contributed by atoms with van der Waals surface area (Å²) in [6.45, 7) is 7.85. The standard InChI is InChI=1S/C30H44N4O3/c1-21(2)23-12-14-27(37-4)26(19-23)28(30(35)36)34-18-15-25(20-34)33(3)17-7-5-6-10-24-13-11-22-9-8-16-31-29(22)32-24/h11-14,19,21,25,28H,5-10,15-18,20H2,1-4H3,(H,31,32)(H,35,36)/t25-,28-/m1/s1. The topological polar surface area (TPSA) is 77.9 Å². The van der Waals surface area contributed by atoms with Gasteiger partial charge in [0.1, 0.15) is 17.6 Å². The molecule has 0 radical (unpaired) electrons. The van der Waals surface area contributed by atoms with Crippen molar-refractivity contribution in [3.63, 3.8) is 0 Å². The molecule has 1 aromatic carbocycles. The number of likely N-dealkylation sites (N-methyl/N-ethyl adjacent to an activating group) is 1. The first-order valence-electron chi connectivity index (χ1n) is 13.9. The summed E-state index contributed by atoms with van der Waals surface area (Å²) in [5.41, 5.74) is 4.43. The number of nitrogens with zero attached hydrogens (tertiary/aromatic N) is 3. The van der Waals surface area contributed by atoms with Gasteiger partial charge in [0.05, 0.1) is 7.11 Å². The van der Waals surface area contributed by atoms with E-state index in [0.29, 0.717) is 17.7 Å². The lowest BCUT2D eigenvalue weighted by atomic mass is 9.96. The second-order valence-corrected chi connectivity index (χ2v) is 11.0. The van der Waals surface area contributed by atoms with Gasteiger partial charge in [-0.15, -0.1) is 0 Å². The minimum Gasteiger partial charge on any atom is -0.496 e. The molecule has 1 saturated heterocycles. The Kier molecular flexibility index (Phi) is 9.43. The number of carboxylic acid groups (broad SMARTS) is 1. The Morgan fingerprint density at radius 2 is 2.08 bits per heavy atom. The molecule has 0 amide bonds. The monoisotopic (exact) mass is 508 g/mol. The van der Waals surface area contributed by atoms with Crippen molar-refractivity contribution in [1.82, 2.24) is 14.8 Å². The number of carboxylic acids is 1. The number of carbonyl (C=O) groups is 1. The molecule has 0 spiro atoms. The van der Waals surface area contributed by atoms with Gasteiger partial charge in [0.2, 0.25) is 0 Å². The van der Waals surface area contributed by atoms with Crippen LogP contribution in [0.15, 0.2) is 30.3 Å². The highest BCUT2D eigenvalue weighted by molar-refractivity contribution is 5.77. The van der Waals surface area contributed by atoms with Crippen LogP contribution in [0.1, 0.15) is 80.3 Å². The molecule has 4 rings (SSSR count). The maximum Gasteiger partial charge on any atom is 0.325 e. The number of unbranched alkanes of at least 4 members (excludes halogenated alkanes) is 2. The first-order chi connectivity index (χ1) is 17.9. The summed E-state index contributed by atoms with van der Waals surface area (Å²) in [7, 11) is 3.80. The number of hydrogen-bond donors (Lipinski definition) is 2. The van der Waals surface area contributed by atoms with Gasteiger partial charge in [-0.3, -0.25) is 9.69 Å². The van der Waals surface area contributed by atoms with Crippen LogP contribution in [0.5, 0.6) is 5.75 Å². The number of ether oxygens (including phenoxy) is 1. The van der Waals surface area contributed by atoms with Crippen LogP contribution in [0.2, 0.25) is 0 Å². The molecule has 202 valence electrons. The maximum absolute atomic E-state index is 12.4. The molecule has 2 aromatic rings. The molecule has 0 saturated carbocycles. The Morgan fingerprint density at radius 3 is 2.84 bits per heavy atom. The summed E-state index contributed by atoms with van der Waals surface area (Å²) in [6.07, 6.45) is 7.78. The highest BCUT2D eigenvalue weighted by Crippen LogP contribution is 2.35. The number of nitrogens with one attached hydrogen (secondary N) is 1. The molecule has 0 unspecified atom stereocenters. The van der Waals surface area contributed by atoms with Crippen molar-refractivity contribution >= 4 is 11.8 Å². The number of aliphatic carboxylic acids is 1. The van der Waals surface area contributed by atoms with Crippen molar-refractivity contribution in [3.05, 3.63) is 52.7 Å². The number of hydrogen-bond acceptors (Lipinski definition) is 6. The predicted octanol–water partition coefficient (Wildman–Crippen LogP) is 5.12. The van der Waals surface area contributed by atoms with Crippen LogP contribution in [0, 0.1) is 0 Å². The Hall–Kier alpha value is -2.64. The van der Waals surface area contributed by atoms with Crippen LogP contribution >= 0.6 is 0 Å². The van der Waals surface area contributed by atoms with Crippen molar-refractivity contribution in [2.75, 3.05) is 45.7 Å². The van der Waals surface area contributed by atoms with E-state index in [0.717, 1.165) is 75.2 Å². The fourth-order valence-electron chi connectivity index (χ4n) is 5.71. The van der Waals surface area contributed by atoms with E-state index in [1.165, 1.54) is 24.1 Å². The first-order valence-corrected chi connectivity index (χ1v) is 13.9. The summed E-state index contributed by atoms with van der Waals surface area (Å²) in [5, 5.41) is 13.6. The molecule has 0 aliphatic carbocycles. The molecule has 0 bridgehead atoms. The molecule has 1 aromatic heterocycles. The van der Waals surface area contributed by atoms with Gasteiger partial charge in [0.25, 0.3) is 0 Å². The third-order valence-electron chi connectivity index (χ3n) is 8.03. The minimum absolute atomic E-state index is 0.330. The maximum atomic E-state index is 12.4. The molecular formula is C30H44N4O3. The molecule has 37 heavy (non-hydrogen) atoms. The van der Waals surface area contributed by atoms with E-state index >= 15 is 0 Å². The molecule has 2 aliphatic heterocycles. The summed E-state index contributed by atoms with van der Waals surface area (Å²) < 4.78 is 5.57. The zero-order chi connectivity index (χ0) is 26.4. The molecule has 1 fully saturated rings. The number of fused-ring (bicyclic) bond motifs is 1. The lowest BCUT2D eigenvalue weighted by molar-refractivity contribution is -0.143. The Balaban J connectivity index is 1.27. The third-order valence-corrected chi connectivity index (χ3v) is 8.03. The smallest absolute Gasteiger partial charge is 0.325 e. The van der Waals surface area contributed by atoms with Crippen LogP contribution in [-0.2, 0) is 17.6 Å². The average molecular weight is 509 g/mol. The largest absolute Gasteiger partial charge is 0.496 e. The van der Waals surface area contributed by atoms with E-state index in [2.05, 4.69) is 48.1 Å². The summed E-state index contributed by atoms with van der Waals surface area (Å²) in [5.74, 6) is 1.25. The molecule has 2 aliphatic rings. The second-order valence-electron chi connectivity index (χ2n) is 11.0. The Bertz CT molecular complexity index is 1060. The Morgan fingerprint density at radius 1 is 1.24 bits per heavy atom. The Labute approximate surface area is 222 Å². The van der Waals surface area contributed by atoms with E-state index in [9.17, 15) is 9.90 Å². The quantitative estimate of drug-likeness (QED) is 0.386. The van der Waals surface area contributed by atoms with Gasteiger partial charge in [-0.25, -0.2) is 4.98 Å². The van der Waals surface area contributed by atoms with Crippen LogP contribution in [0.25, 0.3) is 0 Å².